The molecule has 0 bridgehead atoms. The molecule has 0 aliphatic heterocycles. The van der Waals surface area contributed by atoms with Crippen LogP contribution in [0.2, 0.25) is 0 Å². The Kier molecular flexibility index (Phi) is 3.90. The number of ketones is 1. The Labute approximate surface area is 75.4 Å². The monoisotopic (exact) mass is 185 g/mol. The summed E-state index contributed by atoms with van der Waals surface area (Å²) in [5, 5.41) is 0. The number of hydrogen-bond acceptors (Lipinski definition) is 4. The van der Waals surface area contributed by atoms with Crippen LogP contribution in [0.5, 0.6) is 0 Å². The van der Waals surface area contributed by atoms with Gasteiger partial charge in [-0.2, -0.15) is 0 Å². The molecule has 0 unspecified atom stereocenters. The molecule has 1 aromatic heterocycles. The van der Waals surface area contributed by atoms with Gasteiger partial charge in [-0.25, -0.2) is 0 Å². The van der Waals surface area contributed by atoms with Crippen LogP contribution < -0.4 is 0 Å². The molecule has 0 N–H and O–H groups in total. The first-order valence-corrected chi connectivity index (χ1v) is 4.59. The number of rotatable bonds is 5. The van der Waals surface area contributed by atoms with Crippen LogP contribution in [-0.2, 0) is 16.0 Å². The van der Waals surface area contributed by atoms with E-state index in [0.29, 0.717) is 19.4 Å². The number of carbonyl (C=O) groups is 1. The number of aromatic nitrogens is 1. The highest BCUT2D eigenvalue weighted by molar-refractivity contribution is 7.09. The highest BCUT2D eigenvalue weighted by Crippen LogP contribution is 2.07. The van der Waals surface area contributed by atoms with Gasteiger partial charge in [-0.05, 0) is 0 Å². The van der Waals surface area contributed by atoms with Crippen molar-refractivity contribution >= 4 is 17.1 Å². The summed E-state index contributed by atoms with van der Waals surface area (Å²) in [5.41, 5.74) is 1.74. The molecule has 66 valence electrons. The lowest BCUT2D eigenvalue weighted by Crippen LogP contribution is -2.04. The zero-order chi connectivity index (χ0) is 8.81. The molecule has 12 heavy (non-hydrogen) atoms. The van der Waals surface area contributed by atoms with Gasteiger partial charge in [-0.1, -0.05) is 0 Å². The maximum absolute atomic E-state index is 11.2. The first kappa shape index (κ1) is 9.35. The maximum atomic E-state index is 11.2. The zero-order valence-corrected chi connectivity index (χ0v) is 7.76. The Morgan fingerprint density at radius 3 is 3.17 bits per heavy atom. The van der Waals surface area contributed by atoms with Gasteiger partial charge in [0, 0.05) is 31.0 Å². The molecule has 0 saturated heterocycles. The summed E-state index contributed by atoms with van der Waals surface area (Å²) >= 11 is 1.51. The normalized spacial score (nSPS) is 10.1. The van der Waals surface area contributed by atoms with Crippen molar-refractivity contribution in [3.63, 3.8) is 0 Å². The summed E-state index contributed by atoms with van der Waals surface area (Å²) in [4.78, 5) is 16.1. The van der Waals surface area contributed by atoms with E-state index >= 15 is 0 Å². The van der Waals surface area contributed by atoms with Gasteiger partial charge in [0.15, 0.2) is 0 Å². The fourth-order valence-corrected chi connectivity index (χ4v) is 1.45. The molecular formula is C8H11NO2S. The highest BCUT2D eigenvalue weighted by Gasteiger charge is 2.03. The minimum absolute atomic E-state index is 0.209. The Hall–Kier alpha value is -0.740. The molecule has 0 fully saturated rings. The number of thiazole rings is 1. The van der Waals surface area contributed by atoms with E-state index < -0.39 is 0 Å². The first-order valence-electron chi connectivity index (χ1n) is 3.71. The highest BCUT2D eigenvalue weighted by atomic mass is 32.1. The van der Waals surface area contributed by atoms with Gasteiger partial charge in [0.05, 0.1) is 12.1 Å². The van der Waals surface area contributed by atoms with E-state index in [4.69, 9.17) is 4.74 Å². The van der Waals surface area contributed by atoms with Crippen molar-refractivity contribution < 1.29 is 9.53 Å². The van der Waals surface area contributed by atoms with Gasteiger partial charge in [0.1, 0.15) is 5.78 Å². The predicted octanol–water partition coefficient (Wildman–Crippen LogP) is 1.29. The SMILES string of the molecule is COCCC(=O)Cc1cncs1. The topological polar surface area (TPSA) is 39.2 Å². The van der Waals surface area contributed by atoms with Crippen molar-refractivity contribution in [1.29, 1.82) is 0 Å². The van der Waals surface area contributed by atoms with E-state index in [1.54, 1.807) is 18.8 Å². The standard InChI is InChI=1S/C8H11NO2S/c1-11-3-2-7(10)4-8-5-9-6-12-8/h5-6H,2-4H2,1H3. The number of hydrogen-bond donors (Lipinski definition) is 0. The molecule has 0 aromatic carbocycles. The van der Waals surface area contributed by atoms with Crippen molar-refractivity contribution in [2.24, 2.45) is 0 Å². The van der Waals surface area contributed by atoms with Crippen LogP contribution in [0.1, 0.15) is 11.3 Å². The molecule has 0 aliphatic carbocycles. The number of Topliss-reactive ketones (excluding diaryl/α,β-unsaturated/α-hetero) is 1. The van der Waals surface area contributed by atoms with Crippen LogP contribution in [0, 0.1) is 0 Å². The zero-order valence-electron chi connectivity index (χ0n) is 6.95. The van der Waals surface area contributed by atoms with Crippen molar-refractivity contribution in [2.45, 2.75) is 12.8 Å². The Morgan fingerprint density at radius 1 is 1.75 bits per heavy atom. The summed E-state index contributed by atoms with van der Waals surface area (Å²) in [6.07, 6.45) is 2.72. The predicted molar refractivity (Wildman–Crippen MR) is 47.3 cm³/mol. The van der Waals surface area contributed by atoms with Crippen molar-refractivity contribution in [2.75, 3.05) is 13.7 Å². The summed E-state index contributed by atoms with van der Waals surface area (Å²) in [5.74, 6) is 0.209. The second-order valence-corrected chi connectivity index (χ2v) is 3.40. The minimum atomic E-state index is 0.209. The van der Waals surface area contributed by atoms with E-state index in [1.165, 1.54) is 11.3 Å². The van der Waals surface area contributed by atoms with Crippen LogP contribution in [0.15, 0.2) is 11.7 Å². The third kappa shape index (κ3) is 3.11. The molecule has 0 aliphatic rings. The number of carbonyl (C=O) groups excluding carboxylic acids is 1. The smallest absolute Gasteiger partial charge is 0.140 e. The third-order valence-corrected chi connectivity index (χ3v) is 2.22. The second-order valence-electron chi connectivity index (χ2n) is 2.43. The molecule has 1 heterocycles. The Morgan fingerprint density at radius 2 is 2.58 bits per heavy atom. The lowest BCUT2D eigenvalue weighted by atomic mass is 10.2. The van der Waals surface area contributed by atoms with Crippen LogP contribution in [0.25, 0.3) is 0 Å². The van der Waals surface area contributed by atoms with Crippen LogP contribution in [0.3, 0.4) is 0 Å². The van der Waals surface area contributed by atoms with Crippen LogP contribution in [0.4, 0.5) is 0 Å². The van der Waals surface area contributed by atoms with Crippen molar-refractivity contribution in [3.05, 3.63) is 16.6 Å². The molecule has 0 amide bonds. The molecular weight excluding hydrogens is 174 g/mol. The fourth-order valence-electron chi connectivity index (χ4n) is 0.828. The van der Waals surface area contributed by atoms with Gasteiger partial charge in [0.2, 0.25) is 0 Å². The summed E-state index contributed by atoms with van der Waals surface area (Å²) in [7, 11) is 1.60. The lowest BCUT2D eigenvalue weighted by molar-refractivity contribution is -0.119. The molecule has 0 saturated carbocycles. The minimum Gasteiger partial charge on any atom is -0.384 e. The number of nitrogens with zero attached hydrogens (tertiary/aromatic N) is 1. The van der Waals surface area contributed by atoms with Gasteiger partial charge < -0.3 is 4.74 Å². The van der Waals surface area contributed by atoms with E-state index in [2.05, 4.69) is 4.98 Å². The van der Waals surface area contributed by atoms with Crippen molar-refractivity contribution in [3.8, 4) is 0 Å². The average Bonchev–Trinajstić information content (AvgIpc) is 2.53. The van der Waals surface area contributed by atoms with E-state index in [-0.39, 0.29) is 5.78 Å². The molecule has 0 radical (unpaired) electrons. The molecule has 4 heteroatoms. The summed E-state index contributed by atoms with van der Waals surface area (Å²) < 4.78 is 4.80. The average molecular weight is 185 g/mol. The molecule has 3 nitrogen and oxygen atoms in total. The van der Waals surface area contributed by atoms with Gasteiger partial charge in [0.25, 0.3) is 0 Å². The van der Waals surface area contributed by atoms with Crippen LogP contribution >= 0.6 is 11.3 Å². The van der Waals surface area contributed by atoms with Crippen LogP contribution in [-0.4, -0.2) is 24.5 Å². The number of methoxy groups -OCH3 is 1. The van der Waals surface area contributed by atoms with E-state index in [9.17, 15) is 4.79 Å². The number of ether oxygens (including phenoxy) is 1. The molecule has 1 rings (SSSR count). The fraction of sp³-hybridized carbons (Fsp3) is 0.500. The molecule has 1 aromatic rings. The Balaban J connectivity index is 2.27. The van der Waals surface area contributed by atoms with Gasteiger partial charge in [-0.3, -0.25) is 9.78 Å². The van der Waals surface area contributed by atoms with Crippen molar-refractivity contribution in [1.82, 2.24) is 4.98 Å². The molecule has 0 atom stereocenters. The first-order chi connectivity index (χ1) is 5.83. The molecule has 0 spiro atoms. The second kappa shape index (κ2) is 5.00. The van der Waals surface area contributed by atoms with Gasteiger partial charge >= 0.3 is 0 Å². The summed E-state index contributed by atoms with van der Waals surface area (Å²) in [6.45, 7) is 0.512. The Bertz CT molecular complexity index is 233. The van der Waals surface area contributed by atoms with E-state index in [1.807, 2.05) is 0 Å². The maximum Gasteiger partial charge on any atom is 0.140 e. The lowest BCUT2D eigenvalue weighted by Gasteiger charge is -1.96. The third-order valence-electron chi connectivity index (χ3n) is 1.44. The van der Waals surface area contributed by atoms with Gasteiger partial charge in [-0.15, -0.1) is 11.3 Å². The summed E-state index contributed by atoms with van der Waals surface area (Å²) in [6, 6.07) is 0. The largest absolute Gasteiger partial charge is 0.384 e. The quantitative estimate of drug-likeness (QED) is 0.694. The van der Waals surface area contributed by atoms with E-state index in [0.717, 1.165) is 4.88 Å².